The number of Topliss-reactive ketones (excluding diaryl/α,β-unsaturated/α-hetero) is 5. The van der Waals surface area contributed by atoms with Crippen LogP contribution in [0.15, 0.2) is 76.3 Å². The fourth-order valence-corrected chi connectivity index (χ4v) is 8.80. The molecule has 414 valence electrons. The summed E-state index contributed by atoms with van der Waals surface area (Å²) in [5.74, 6) is -9.68. The number of nitrogens with one attached hydrogen (secondary N) is 4. The minimum Gasteiger partial charge on any atom is -0.508 e. The second-order valence-electron chi connectivity index (χ2n) is 19.0. The van der Waals surface area contributed by atoms with Crippen molar-refractivity contribution in [2.45, 2.75) is 109 Å². The fraction of sp³-hybridized carbons (Fsp3) is 0.400. The van der Waals surface area contributed by atoms with Gasteiger partial charge in [-0.05, 0) is 75.6 Å². The summed E-state index contributed by atoms with van der Waals surface area (Å²) in [6.07, 6.45) is 0.415. The number of amides is 4. The molecule has 3 aromatic rings. The van der Waals surface area contributed by atoms with Crippen LogP contribution in [0.2, 0.25) is 0 Å². The molecule has 2 heterocycles. The number of hydrogen-bond donors (Lipinski definition) is 8. The molecule has 0 saturated heterocycles. The van der Waals surface area contributed by atoms with Gasteiger partial charge in [-0.25, -0.2) is 4.98 Å². The summed E-state index contributed by atoms with van der Waals surface area (Å²) in [6.45, 7) is 1.81. The number of aliphatic hydroxyl groups excluding tert-OH is 1. The van der Waals surface area contributed by atoms with Crippen LogP contribution in [0, 0.1) is 17.8 Å². The van der Waals surface area contributed by atoms with Gasteiger partial charge in [0.1, 0.15) is 28.6 Å². The average Bonchev–Trinajstić information content (AvgIpc) is 3.97. The van der Waals surface area contributed by atoms with E-state index in [9.17, 15) is 67.7 Å². The lowest BCUT2D eigenvalue weighted by Gasteiger charge is -2.24. The molecule has 5 atom stereocenters. The molecule has 0 saturated carbocycles. The average molecular weight is 1080 g/mol. The lowest BCUT2D eigenvalue weighted by Crippen LogP contribution is -2.48. The van der Waals surface area contributed by atoms with Gasteiger partial charge in [0.2, 0.25) is 23.6 Å². The molecule has 0 spiro atoms. The summed E-state index contributed by atoms with van der Waals surface area (Å²) in [5, 5.41) is 37.6. The van der Waals surface area contributed by atoms with Crippen LogP contribution in [0.5, 0.6) is 11.5 Å². The quantitative estimate of drug-likeness (QED) is 0.0127. The third-order valence-electron chi connectivity index (χ3n) is 13.0. The Morgan fingerprint density at radius 1 is 0.808 bits per heavy atom. The van der Waals surface area contributed by atoms with Crippen molar-refractivity contribution >= 4 is 76.0 Å². The summed E-state index contributed by atoms with van der Waals surface area (Å²) in [4.78, 5) is 158. The number of hydrogen-bond acceptors (Lipinski definition) is 17. The molecule has 23 heteroatoms. The number of benzene rings is 3. The number of primary amides is 1. The van der Waals surface area contributed by atoms with Crippen molar-refractivity contribution < 1.29 is 77.2 Å². The van der Waals surface area contributed by atoms with Gasteiger partial charge in [0.15, 0.2) is 28.6 Å². The SMILES string of the molecule is CC(=O)C[C@H](CCCCCC(=O)c1ccc(OC=O)c(-c2c3ccc(=O)cc-3oc3cc(O)ccc23)c1)C(=O)NCC(=O)CCC(=O)NCC(=O)C[C@@H](C(=O)N[C@H](Cc1cnc[nH]1)C(=O)C[C@H](CCC(=O)O)C(N)=O)[C@H](C)O. The molecule has 4 amide bonds. The van der Waals surface area contributed by atoms with Crippen molar-refractivity contribution in [3.8, 4) is 33.9 Å². The van der Waals surface area contributed by atoms with E-state index < -0.39 is 109 Å². The van der Waals surface area contributed by atoms with Crippen LogP contribution in [-0.4, -0.2) is 116 Å². The maximum Gasteiger partial charge on any atom is 0.303 e. The first-order chi connectivity index (χ1) is 37.1. The number of aromatic nitrogens is 2. The molecule has 78 heavy (non-hydrogen) atoms. The molecule has 2 aromatic carbocycles. The zero-order valence-electron chi connectivity index (χ0n) is 43.0. The standard InChI is InChI=1S/C55H62N6O17/c1-30(63)18-34(6-4-3-5-7-45(69)32-8-15-47(77-29-62)43(19-32)52-40-13-10-36(65)23-48(40)78-49-24-37(66)11-14-41(49)52)54(75)59-26-38(67)12-16-50(71)58-27-39(68)22-42(31(2)64)55(76)61-44(21-35-25-57-28-60-35)46(70)20-33(53(56)74)9-17-51(72)73/h8,10-11,13-15,19,23-25,28-29,31,33-34,42,44,64-65H,3-7,9,12,16-18,20-22,26-27H2,1-2H3,(H2,56,74)(H,57,60)(H,58,71)(H,59,75)(H,61,76)(H,72,73)/t31-,33-,34-,42+,44+/m0/s1. The Bertz CT molecular complexity index is 3060. The number of carbonyl (C=O) groups excluding carboxylic acids is 10. The van der Waals surface area contributed by atoms with Gasteiger partial charge < -0.3 is 55.9 Å². The number of aromatic hydroxyl groups is 1. The largest absolute Gasteiger partial charge is 0.508 e. The third-order valence-corrected chi connectivity index (χ3v) is 13.0. The van der Waals surface area contributed by atoms with E-state index in [4.69, 9.17) is 20.0 Å². The summed E-state index contributed by atoms with van der Waals surface area (Å²) >= 11 is 0. The minimum atomic E-state index is -1.41. The smallest absolute Gasteiger partial charge is 0.303 e. The second-order valence-corrected chi connectivity index (χ2v) is 19.0. The van der Waals surface area contributed by atoms with Gasteiger partial charge in [0, 0.05) is 115 Å². The zero-order valence-corrected chi connectivity index (χ0v) is 43.0. The number of carboxylic acids is 1. The predicted octanol–water partition coefficient (Wildman–Crippen LogP) is 3.45. The number of aliphatic carboxylic acids is 1. The molecule has 23 nitrogen and oxygen atoms in total. The number of carbonyl (C=O) groups is 11. The minimum absolute atomic E-state index is 0.0886. The van der Waals surface area contributed by atoms with Crippen LogP contribution >= 0.6 is 0 Å². The Balaban J connectivity index is 1.07. The highest BCUT2D eigenvalue weighted by molar-refractivity contribution is 6.06. The molecule has 0 radical (unpaired) electrons. The molecular formula is C55H62N6O17. The van der Waals surface area contributed by atoms with Gasteiger partial charge in [-0.3, -0.25) is 52.7 Å². The van der Waals surface area contributed by atoms with E-state index in [2.05, 4.69) is 25.9 Å². The highest BCUT2D eigenvalue weighted by Crippen LogP contribution is 2.44. The number of ether oxygens (including phenoxy) is 1. The van der Waals surface area contributed by atoms with E-state index in [-0.39, 0.29) is 91.3 Å². The van der Waals surface area contributed by atoms with Crippen molar-refractivity contribution in [3.05, 3.63) is 88.6 Å². The van der Waals surface area contributed by atoms with Crippen LogP contribution in [0.25, 0.3) is 33.4 Å². The highest BCUT2D eigenvalue weighted by Gasteiger charge is 2.33. The van der Waals surface area contributed by atoms with Gasteiger partial charge in [0.25, 0.3) is 6.47 Å². The van der Waals surface area contributed by atoms with E-state index in [0.717, 1.165) is 0 Å². The molecule has 1 aromatic heterocycles. The Hall–Kier alpha value is -8.73. The number of phenols is 1. The van der Waals surface area contributed by atoms with Crippen molar-refractivity contribution in [1.29, 1.82) is 0 Å². The number of carboxylic acid groups (broad SMARTS) is 1. The monoisotopic (exact) mass is 1080 g/mol. The zero-order chi connectivity index (χ0) is 57.1. The van der Waals surface area contributed by atoms with E-state index in [1.807, 2.05) is 0 Å². The molecule has 0 fully saturated rings. The first-order valence-electron chi connectivity index (χ1n) is 25.2. The van der Waals surface area contributed by atoms with Crippen molar-refractivity contribution in [2.75, 3.05) is 13.1 Å². The van der Waals surface area contributed by atoms with Crippen LogP contribution in [0.3, 0.4) is 0 Å². The molecule has 5 rings (SSSR count). The van der Waals surface area contributed by atoms with Gasteiger partial charge in [-0.15, -0.1) is 0 Å². The van der Waals surface area contributed by atoms with Gasteiger partial charge in [-0.1, -0.05) is 12.8 Å². The first kappa shape index (κ1) is 60.1. The number of aliphatic hydroxyl groups is 1. The molecule has 0 bridgehead atoms. The van der Waals surface area contributed by atoms with Crippen molar-refractivity contribution in [2.24, 2.45) is 23.5 Å². The number of rotatable bonds is 34. The number of nitrogens with two attached hydrogens (primary N) is 1. The van der Waals surface area contributed by atoms with E-state index in [0.29, 0.717) is 52.6 Å². The fourth-order valence-electron chi connectivity index (χ4n) is 8.80. The maximum atomic E-state index is 13.6. The van der Waals surface area contributed by atoms with Crippen LogP contribution < -0.4 is 31.8 Å². The van der Waals surface area contributed by atoms with E-state index in [1.165, 1.54) is 62.8 Å². The number of aromatic amines is 1. The van der Waals surface area contributed by atoms with E-state index >= 15 is 0 Å². The summed E-state index contributed by atoms with van der Waals surface area (Å²) in [6, 6.07) is 11.9. The predicted molar refractivity (Wildman–Crippen MR) is 278 cm³/mol. The summed E-state index contributed by atoms with van der Waals surface area (Å²) < 4.78 is 11.2. The van der Waals surface area contributed by atoms with Crippen molar-refractivity contribution in [3.63, 3.8) is 0 Å². The van der Waals surface area contributed by atoms with Gasteiger partial charge in [0.05, 0.1) is 37.5 Å². The molecule has 0 unspecified atom stereocenters. The lowest BCUT2D eigenvalue weighted by atomic mass is 9.91. The topological polar surface area (TPSA) is 379 Å². The number of nitrogens with zero attached hydrogens (tertiary/aromatic N) is 1. The Labute approximate surface area is 446 Å². The van der Waals surface area contributed by atoms with Crippen LogP contribution in [0.4, 0.5) is 0 Å². The number of unbranched alkanes of at least 4 members (excludes halogenated alkanes) is 2. The molecular weight excluding hydrogens is 1020 g/mol. The molecule has 2 aliphatic rings. The van der Waals surface area contributed by atoms with Crippen LogP contribution in [0.1, 0.15) is 107 Å². The maximum absolute atomic E-state index is 13.6. The highest BCUT2D eigenvalue weighted by atomic mass is 16.5. The number of phenolic OH excluding ortho intramolecular Hbond substituents is 1. The molecule has 1 aliphatic heterocycles. The number of imidazole rings is 1. The van der Waals surface area contributed by atoms with Gasteiger partial charge in [-0.2, -0.15) is 0 Å². The Kier molecular flexibility index (Phi) is 22.3. The van der Waals surface area contributed by atoms with Crippen LogP contribution in [-0.2, 0) is 54.4 Å². The number of fused-ring (bicyclic) bond motifs is 2. The molecule has 1 aliphatic carbocycles. The summed E-state index contributed by atoms with van der Waals surface area (Å²) in [7, 11) is 0. The Morgan fingerprint density at radius 3 is 2.24 bits per heavy atom. The Morgan fingerprint density at radius 2 is 1.56 bits per heavy atom. The lowest BCUT2D eigenvalue weighted by molar-refractivity contribution is -0.138. The van der Waals surface area contributed by atoms with Gasteiger partial charge >= 0.3 is 5.97 Å². The van der Waals surface area contributed by atoms with E-state index in [1.54, 1.807) is 18.2 Å². The normalized spacial score (nSPS) is 13.1. The third kappa shape index (κ3) is 18.0. The summed E-state index contributed by atoms with van der Waals surface area (Å²) in [5.41, 5.74) is 7.39. The van der Waals surface area contributed by atoms with Crippen molar-refractivity contribution in [1.82, 2.24) is 25.9 Å². The molecule has 9 N–H and O–H groups in total. The first-order valence-corrected chi connectivity index (χ1v) is 25.2. The number of ketones is 5. The number of H-pyrrole nitrogens is 1. The second kappa shape index (κ2) is 29.0.